The number of carbonyl (C=O) groups is 2. The Kier molecular flexibility index (Phi) is 6.31. The Labute approximate surface area is 133 Å². The highest BCUT2D eigenvalue weighted by molar-refractivity contribution is 5.70. The van der Waals surface area contributed by atoms with Gasteiger partial charge in [0, 0.05) is 25.2 Å². The van der Waals surface area contributed by atoms with Crippen molar-refractivity contribution in [2.45, 2.75) is 26.4 Å². The summed E-state index contributed by atoms with van der Waals surface area (Å²) < 4.78 is 9.94. The number of nitrogens with one attached hydrogen (secondary N) is 2. The number of non-ortho nitro benzene ring substituents is 1. The van der Waals surface area contributed by atoms with Gasteiger partial charge in [0.05, 0.1) is 4.92 Å². The summed E-state index contributed by atoms with van der Waals surface area (Å²) in [7, 11) is 0. The summed E-state index contributed by atoms with van der Waals surface area (Å²) in [5, 5.41) is 15.4. The molecule has 0 unspecified atom stereocenters. The Hall–Kier alpha value is -2.84. The van der Waals surface area contributed by atoms with E-state index in [0.29, 0.717) is 0 Å². The van der Waals surface area contributed by atoms with Crippen LogP contribution in [0.1, 0.15) is 20.8 Å². The zero-order valence-electron chi connectivity index (χ0n) is 13.1. The number of ether oxygens (including phenoxy) is 2. The van der Waals surface area contributed by atoms with Crippen LogP contribution >= 0.6 is 0 Å². The summed E-state index contributed by atoms with van der Waals surface area (Å²) >= 11 is 0. The maximum Gasteiger partial charge on any atom is 0.412 e. The molecule has 0 radical (unpaired) electrons. The fourth-order valence-electron chi connectivity index (χ4n) is 1.42. The molecular formula is C14H19N3O6. The molecule has 9 heteroatoms. The van der Waals surface area contributed by atoms with Gasteiger partial charge in [0.15, 0.2) is 0 Å². The van der Waals surface area contributed by atoms with E-state index in [0.717, 1.165) is 0 Å². The van der Waals surface area contributed by atoms with Crippen LogP contribution in [-0.4, -0.2) is 35.8 Å². The van der Waals surface area contributed by atoms with Gasteiger partial charge in [0.1, 0.15) is 11.4 Å². The number of nitro benzene ring substituents is 1. The number of carbonyl (C=O) groups excluding carboxylic acids is 2. The Morgan fingerprint density at radius 3 is 2.09 bits per heavy atom. The average Bonchev–Trinajstić information content (AvgIpc) is 2.42. The first-order valence-electron chi connectivity index (χ1n) is 6.84. The maximum atomic E-state index is 11.5. The lowest BCUT2D eigenvalue weighted by Crippen LogP contribution is -2.38. The zero-order chi connectivity index (χ0) is 17.5. The van der Waals surface area contributed by atoms with E-state index in [1.807, 2.05) is 0 Å². The van der Waals surface area contributed by atoms with Crippen LogP contribution in [0.5, 0.6) is 5.75 Å². The second kappa shape index (κ2) is 7.97. The first-order chi connectivity index (χ1) is 10.7. The fraction of sp³-hybridized carbons (Fsp3) is 0.429. The van der Waals surface area contributed by atoms with Gasteiger partial charge in [-0.3, -0.25) is 10.1 Å². The van der Waals surface area contributed by atoms with Gasteiger partial charge in [-0.25, -0.2) is 9.59 Å². The van der Waals surface area contributed by atoms with Crippen molar-refractivity contribution in [2.75, 3.05) is 13.1 Å². The van der Waals surface area contributed by atoms with E-state index < -0.39 is 22.7 Å². The molecule has 0 aromatic heterocycles. The van der Waals surface area contributed by atoms with Gasteiger partial charge in [0.2, 0.25) is 0 Å². The van der Waals surface area contributed by atoms with Gasteiger partial charge in [-0.15, -0.1) is 0 Å². The molecule has 1 aromatic carbocycles. The van der Waals surface area contributed by atoms with Gasteiger partial charge in [-0.2, -0.15) is 0 Å². The van der Waals surface area contributed by atoms with E-state index in [1.165, 1.54) is 24.3 Å². The van der Waals surface area contributed by atoms with Crippen molar-refractivity contribution in [3.63, 3.8) is 0 Å². The highest BCUT2D eigenvalue weighted by atomic mass is 16.6. The molecule has 0 bridgehead atoms. The van der Waals surface area contributed by atoms with Crippen molar-refractivity contribution >= 4 is 17.9 Å². The van der Waals surface area contributed by atoms with Crippen LogP contribution in [0.15, 0.2) is 24.3 Å². The van der Waals surface area contributed by atoms with Crippen molar-refractivity contribution < 1.29 is 24.0 Å². The van der Waals surface area contributed by atoms with E-state index in [1.54, 1.807) is 20.8 Å². The average molecular weight is 325 g/mol. The van der Waals surface area contributed by atoms with Crippen LogP contribution < -0.4 is 15.4 Å². The number of alkyl carbamates (subject to hydrolysis) is 1. The quantitative estimate of drug-likeness (QED) is 0.486. The van der Waals surface area contributed by atoms with Crippen LogP contribution in [0.4, 0.5) is 15.3 Å². The molecule has 23 heavy (non-hydrogen) atoms. The highest BCUT2D eigenvalue weighted by Gasteiger charge is 2.15. The summed E-state index contributed by atoms with van der Waals surface area (Å²) in [5.41, 5.74) is -0.689. The third-order valence-electron chi connectivity index (χ3n) is 2.32. The molecule has 0 aliphatic heterocycles. The van der Waals surface area contributed by atoms with E-state index >= 15 is 0 Å². The SMILES string of the molecule is CC(C)(C)OC(=O)NCCNC(=O)Oc1ccc([N+](=O)[O-])cc1. The molecule has 1 aromatic rings. The molecule has 1 rings (SSSR count). The standard InChI is InChI=1S/C14H19N3O6/c1-14(2,3)23-13(19)16-9-8-15-12(18)22-11-6-4-10(5-7-11)17(20)21/h4-7H,8-9H2,1-3H3,(H,15,18)(H,16,19). The zero-order valence-corrected chi connectivity index (χ0v) is 13.1. The molecule has 2 N–H and O–H groups in total. The van der Waals surface area contributed by atoms with Gasteiger partial charge >= 0.3 is 12.2 Å². The second-order valence-electron chi connectivity index (χ2n) is 5.50. The number of hydrogen-bond donors (Lipinski definition) is 2. The molecule has 0 spiro atoms. The number of rotatable bonds is 5. The summed E-state index contributed by atoms with van der Waals surface area (Å²) in [4.78, 5) is 32.8. The summed E-state index contributed by atoms with van der Waals surface area (Å²) in [6, 6.07) is 5.09. The smallest absolute Gasteiger partial charge is 0.412 e. The Morgan fingerprint density at radius 1 is 1.09 bits per heavy atom. The molecule has 0 atom stereocenters. The molecule has 0 saturated carbocycles. The minimum atomic E-state index is -0.732. The molecule has 0 aliphatic carbocycles. The van der Waals surface area contributed by atoms with Crippen molar-refractivity contribution in [3.05, 3.63) is 34.4 Å². The number of hydrogen-bond acceptors (Lipinski definition) is 6. The van der Waals surface area contributed by atoms with Crippen LogP contribution in [0.2, 0.25) is 0 Å². The lowest BCUT2D eigenvalue weighted by molar-refractivity contribution is -0.384. The summed E-state index contributed by atoms with van der Waals surface area (Å²) in [5.74, 6) is 0.174. The van der Waals surface area contributed by atoms with E-state index in [9.17, 15) is 19.7 Å². The number of amides is 2. The lowest BCUT2D eigenvalue weighted by Gasteiger charge is -2.19. The van der Waals surface area contributed by atoms with Crippen molar-refractivity contribution in [3.8, 4) is 5.75 Å². The largest absolute Gasteiger partial charge is 0.444 e. The minimum Gasteiger partial charge on any atom is -0.444 e. The molecule has 0 heterocycles. The minimum absolute atomic E-state index is 0.0979. The second-order valence-corrected chi connectivity index (χ2v) is 5.50. The molecule has 0 fully saturated rings. The topological polar surface area (TPSA) is 120 Å². The number of benzene rings is 1. The predicted molar refractivity (Wildman–Crippen MR) is 81.4 cm³/mol. The van der Waals surface area contributed by atoms with Gasteiger partial charge in [0.25, 0.3) is 5.69 Å². The molecule has 2 amide bonds. The first kappa shape index (κ1) is 18.2. The number of nitro groups is 1. The van der Waals surface area contributed by atoms with Crippen LogP contribution in [0.3, 0.4) is 0 Å². The van der Waals surface area contributed by atoms with Crippen LogP contribution in [0, 0.1) is 10.1 Å². The third kappa shape index (κ3) is 7.65. The Balaban J connectivity index is 2.27. The first-order valence-corrected chi connectivity index (χ1v) is 6.84. The highest BCUT2D eigenvalue weighted by Crippen LogP contribution is 2.17. The normalized spacial score (nSPS) is 10.6. The maximum absolute atomic E-state index is 11.5. The lowest BCUT2D eigenvalue weighted by atomic mass is 10.2. The van der Waals surface area contributed by atoms with Gasteiger partial charge < -0.3 is 20.1 Å². The Bertz CT molecular complexity index is 565. The van der Waals surface area contributed by atoms with Gasteiger partial charge in [-0.05, 0) is 32.9 Å². The molecule has 126 valence electrons. The van der Waals surface area contributed by atoms with E-state index in [2.05, 4.69) is 10.6 Å². The van der Waals surface area contributed by atoms with Crippen molar-refractivity contribution in [1.29, 1.82) is 0 Å². The predicted octanol–water partition coefficient (Wildman–Crippen LogP) is 2.21. The van der Waals surface area contributed by atoms with E-state index in [4.69, 9.17) is 9.47 Å². The van der Waals surface area contributed by atoms with Crippen molar-refractivity contribution in [1.82, 2.24) is 10.6 Å². The molecule has 0 saturated heterocycles. The van der Waals surface area contributed by atoms with Gasteiger partial charge in [-0.1, -0.05) is 0 Å². The van der Waals surface area contributed by atoms with Crippen molar-refractivity contribution in [2.24, 2.45) is 0 Å². The summed E-state index contributed by atoms with van der Waals surface area (Å²) in [6.45, 7) is 5.54. The molecule has 9 nitrogen and oxygen atoms in total. The van der Waals surface area contributed by atoms with Crippen LogP contribution in [0.25, 0.3) is 0 Å². The fourth-order valence-corrected chi connectivity index (χ4v) is 1.42. The Morgan fingerprint density at radius 2 is 1.61 bits per heavy atom. The third-order valence-corrected chi connectivity index (χ3v) is 2.32. The van der Waals surface area contributed by atoms with E-state index in [-0.39, 0.29) is 24.5 Å². The number of nitrogens with zero attached hydrogens (tertiary/aromatic N) is 1. The molecular weight excluding hydrogens is 306 g/mol. The monoisotopic (exact) mass is 325 g/mol. The van der Waals surface area contributed by atoms with Crippen LogP contribution in [-0.2, 0) is 4.74 Å². The molecule has 0 aliphatic rings. The summed E-state index contributed by atoms with van der Waals surface area (Å²) in [6.07, 6.45) is -1.31.